The van der Waals surface area contributed by atoms with E-state index in [1.165, 1.54) is 25.3 Å². The summed E-state index contributed by atoms with van der Waals surface area (Å²) in [5, 5.41) is 14.2. The zero-order chi connectivity index (χ0) is 19.1. The molecule has 1 amide bonds. The van der Waals surface area contributed by atoms with Crippen LogP contribution in [0.1, 0.15) is 23.6 Å². The van der Waals surface area contributed by atoms with E-state index in [0.29, 0.717) is 10.6 Å². The molecular formula is C18H17ClN2O5. The Labute approximate surface area is 155 Å². The highest BCUT2D eigenvalue weighted by molar-refractivity contribution is 6.31. The highest BCUT2D eigenvalue weighted by Gasteiger charge is 2.22. The second kappa shape index (κ2) is 8.96. The Bertz CT molecular complexity index is 825. The molecule has 0 aliphatic rings. The molecule has 0 saturated heterocycles. The van der Waals surface area contributed by atoms with Crippen molar-refractivity contribution in [2.24, 2.45) is 0 Å². The average molecular weight is 377 g/mol. The van der Waals surface area contributed by atoms with E-state index < -0.39 is 22.8 Å². The molecule has 136 valence electrons. The van der Waals surface area contributed by atoms with E-state index >= 15 is 0 Å². The maximum absolute atomic E-state index is 12.4. The quantitative estimate of drug-likeness (QED) is 0.454. The average Bonchev–Trinajstić information content (AvgIpc) is 2.61. The minimum absolute atomic E-state index is 0.108. The van der Waals surface area contributed by atoms with Gasteiger partial charge in [0.15, 0.2) is 0 Å². The fraction of sp³-hybridized carbons (Fsp3) is 0.222. The number of rotatable bonds is 7. The van der Waals surface area contributed by atoms with Gasteiger partial charge in [-0.3, -0.25) is 19.7 Å². The monoisotopic (exact) mass is 376 g/mol. The van der Waals surface area contributed by atoms with Gasteiger partial charge in [-0.2, -0.15) is 0 Å². The SMILES string of the molecule is COC(=O)CC(NC(=O)Cc1ccccc1[N+](=O)[O-])c1ccccc1Cl. The third-order valence-corrected chi connectivity index (χ3v) is 4.10. The topological polar surface area (TPSA) is 98.5 Å². The number of methoxy groups -OCH3 is 1. The number of halogens is 1. The Kier molecular flexibility index (Phi) is 6.68. The minimum Gasteiger partial charge on any atom is -0.469 e. The Morgan fingerprint density at radius 1 is 1.19 bits per heavy atom. The smallest absolute Gasteiger partial charge is 0.307 e. The molecule has 0 aliphatic heterocycles. The van der Waals surface area contributed by atoms with E-state index in [1.807, 2.05) is 0 Å². The van der Waals surface area contributed by atoms with Gasteiger partial charge in [0.05, 0.1) is 30.9 Å². The van der Waals surface area contributed by atoms with Gasteiger partial charge in [-0.25, -0.2) is 0 Å². The lowest BCUT2D eigenvalue weighted by Crippen LogP contribution is -2.32. The molecule has 8 heteroatoms. The van der Waals surface area contributed by atoms with Crippen LogP contribution in [-0.2, 0) is 20.7 Å². The zero-order valence-electron chi connectivity index (χ0n) is 14.0. The van der Waals surface area contributed by atoms with Gasteiger partial charge in [0.2, 0.25) is 5.91 Å². The van der Waals surface area contributed by atoms with Crippen molar-refractivity contribution in [3.63, 3.8) is 0 Å². The van der Waals surface area contributed by atoms with Crippen molar-refractivity contribution < 1.29 is 19.2 Å². The Hall–Kier alpha value is -2.93. The second-order valence-corrected chi connectivity index (χ2v) is 5.89. The zero-order valence-corrected chi connectivity index (χ0v) is 14.7. The number of benzene rings is 2. The van der Waals surface area contributed by atoms with Crippen LogP contribution in [0.3, 0.4) is 0 Å². The Morgan fingerprint density at radius 2 is 1.85 bits per heavy atom. The van der Waals surface area contributed by atoms with Crippen molar-refractivity contribution in [3.8, 4) is 0 Å². The Balaban J connectivity index is 2.20. The minimum atomic E-state index is -0.702. The lowest BCUT2D eigenvalue weighted by Gasteiger charge is -2.19. The maximum atomic E-state index is 12.4. The Morgan fingerprint density at radius 3 is 2.50 bits per heavy atom. The summed E-state index contributed by atoms with van der Waals surface area (Å²) in [6.45, 7) is 0. The van der Waals surface area contributed by atoms with Crippen molar-refractivity contribution >= 4 is 29.2 Å². The molecule has 2 rings (SSSR count). The van der Waals surface area contributed by atoms with Crippen molar-refractivity contribution in [3.05, 3.63) is 74.8 Å². The summed E-state index contributed by atoms with van der Waals surface area (Å²) in [5.41, 5.74) is 0.714. The van der Waals surface area contributed by atoms with Crippen LogP contribution >= 0.6 is 11.6 Å². The maximum Gasteiger partial charge on any atom is 0.307 e. The van der Waals surface area contributed by atoms with Crippen molar-refractivity contribution in [2.45, 2.75) is 18.9 Å². The molecule has 0 bridgehead atoms. The molecule has 0 aromatic heterocycles. The number of nitro benzene ring substituents is 1. The van der Waals surface area contributed by atoms with Crippen molar-refractivity contribution in [1.29, 1.82) is 0 Å². The summed E-state index contributed by atoms with van der Waals surface area (Å²) in [6.07, 6.45) is -0.303. The van der Waals surface area contributed by atoms with Gasteiger partial charge in [-0.05, 0) is 11.6 Å². The summed E-state index contributed by atoms with van der Waals surface area (Å²) in [4.78, 5) is 34.6. The first kappa shape index (κ1) is 19.4. The summed E-state index contributed by atoms with van der Waals surface area (Å²) in [5.74, 6) is -0.978. The number of para-hydroxylation sites is 1. The number of carbonyl (C=O) groups excluding carboxylic acids is 2. The van der Waals surface area contributed by atoms with Gasteiger partial charge >= 0.3 is 5.97 Å². The van der Waals surface area contributed by atoms with Gasteiger partial charge in [0.25, 0.3) is 5.69 Å². The van der Waals surface area contributed by atoms with E-state index in [4.69, 9.17) is 11.6 Å². The number of hydrogen-bond acceptors (Lipinski definition) is 5. The van der Waals surface area contributed by atoms with Gasteiger partial charge in [-0.1, -0.05) is 48.0 Å². The lowest BCUT2D eigenvalue weighted by atomic mass is 10.0. The van der Waals surface area contributed by atoms with E-state index in [9.17, 15) is 19.7 Å². The molecule has 0 saturated carbocycles. The second-order valence-electron chi connectivity index (χ2n) is 5.48. The van der Waals surface area contributed by atoms with Crippen molar-refractivity contribution in [2.75, 3.05) is 7.11 Å². The highest BCUT2D eigenvalue weighted by atomic mass is 35.5. The molecule has 1 unspecified atom stereocenters. The molecule has 26 heavy (non-hydrogen) atoms. The van der Waals surface area contributed by atoms with Crippen LogP contribution < -0.4 is 5.32 Å². The number of nitrogens with zero attached hydrogens (tertiary/aromatic N) is 1. The number of carbonyl (C=O) groups is 2. The van der Waals surface area contributed by atoms with E-state index in [1.54, 1.807) is 30.3 Å². The molecule has 0 heterocycles. The molecule has 0 aliphatic carbocycles. The molecule has 7 nitrogen and oxygen atoms in total. The van der Waals surface area contributed by atoms with Crippen LogP contribution in [0.25, 0.3) is 0 Å². The largest absolute Gasteiger partial charge is 0.469 e. The normalized spacial score (nSPS) is 11.5. The standard InChI is InChI=1S/C18H17ClN2O5/c1-26-18(23)11-15(13-7-3-4-8-14(13)19)20-17(22)10-12-6-2-5-9-16(12)21(24)25/h2-9,15H,10-11H2,1H3,(H,20,22). The number of nitrogens with one attached hydrogen (secondary N) is 1. The molecule has 0 fully saturated rings. The molecule has 1 atom stereocenters. The molecule has 0 spiro atoms. The van der Waals surface area contributed by atoms with Crippen LogP contribution in [0.2, 0.25) is 5.02 Å². The lowest BCUT2D eigenvalue weighted by molar-refractivity contribution is -0.385. The fourth-order valence-electron chi connectivity index (χ4n) is 2.50. The van der Waals surface area contributed by atoms with E-state index in [-0.39, 0.29) is 24.1 Å². The number of amides is 1. The molecule has 2 aromatic rings. The number of esters is 1. The molecule has 1 N–H and O–H groups in total. The predicted octanol–water partition coefficient (Wildman–Crippen LogP) is 3.21. The van der Waals surface area contributed by atoms with Crippen LogP contribution in [0.4, 0.5) is 5.69 Å². The third kappa shape index (κ3) is 5.03. The number of nitro groups is 1. The first-order valence-corrected chi connectivity index (χ1v) is 8.13. The van der Waals surface area contributed by atoms with Crippen LogP contribution in [0.5, 0.6) is 0 Å². The summed E-state index contributed by atoms with van der Waals surface area (Å²) in [7, 11) is 1.25. The first-order valence-electron chi connectivity index (χ1n) is 7.75. The highest BCUT2D eigenvalue weighted by Crippen LogP contribution is 2.26. The van der Waals surface area contributed by atoms with Gasteiger partial charge in [0, 0.05) is 16.7 Å². The van der Waals surface area contributed by atoms with Crippen molar-refractivity contribution in [1.82, 2.24) is 5.32 Å². The van der Waals surface area contributed by atoms with E-state index in [0.717, 1.165) is 0 Å². The first-order chi connectivity index (χ1) is 12.4. The van der Waals surface area contributed by atoms with Crippen LogP contribution in [0, 0.1) is 10.1 Å². The molecule has 2 aromatic carbocycles. The summed E-state index contributed by atoms with van der Waals surface area (Å²) < 4.78 is 4.67. The summed E-state index contributed by atoms with van der Waals surface area (Å²) in [6, 6.07) is 12.1. The van der Waals surface area contributed by atoms with E-state index in [2.05, 4.69) is 10.1 Å². The molecular weight excluding hydrogens is 360 g/mol. The summed E-state index contributed by atoms with van der Waals surface area (Å²) >= 11 is 6.16. The van der Waals surface area contributed by atoms with Crippen LogP contribution in [-0.4, -0.2) is 23.9 Å². The third-order valence-electron chi connectivity index (χ3n) is 3.75. The van der Waals surface area contributed by atoms with Gasteiger partial charge < -0.3 is 10.1 Å². The predicted molar refractivity (Wildman–Crippen MR) is 95.8 cm³/mol. The molecule has 0 radical (unpaired) electrons. The number of hydrogen-bond donors (Lipinski definition) is 1. The number of ether oxygens (including phenoxy) is 1. The van der Waals surface area contributed by atoms with Gasteiger partial charge in [0.1, 0.15) is 0 Å². The fourth-order valence-corrected chi connectivity index (χ4v) is 2.77. The van der Waals surface area contributed by atoms with Gasteiger partial charge in [-0.15, -0.1) is 0 Å². The van der Waals surface area contributed by atoms with Crippen LogP contribution in [0.15, 0.2) is 48.5 Å².